The van der Waals surface area contributed by atoms with Gasteiger partial charge in [0.1, 0.15) is 10.7 Å². The van der Waals surface area contributed by atoms with Gasteiger partial charge >= 0.3 is 0 Å². The number of aromatic nitrogens is 1. The van der Waals surface area contributed by atoms with Gasteiger partial charge in [0.25, 0.3) is 0 Å². The predicted molar refractivity (Wildman–Crippen MR) is 71.3 cm³/mol. The van der Waals surface area contributed by atoms with Crippen molar-refractivity contribution in [3.8, 4) is 0 Å². The lowest BCUT2D eigenvalue weighted by molar-refractivity contribution is 0.161. The van der Waals surface area contributed by atoms with Crippen LogP contribution in [0.3, 0.4) is 0 Å². The fourth-order valence-corrected chi connectivity index (χ4v) is 2.47. The molecule has 0 aromatic carbocycles. The Morgan fingerprint density at radius 3 is 2.67 bits per heavy atom. The van der Waals surface area contributed by atoms with Gasteiger partial charge in [0.2, 0.25) is 0 Å². The molecule has 102 valence electrons. The molecule has 0 aliphatic rings. The number of aliphatic hydroxyl groups is 1. The number of hydrogen-bond donors (Lipinski definition) is 2. The van der Waals surface area contributed by atoms with Gasteiger partial charge in [0.05, 0.1) is 6.10 Å². The van der Waals surface area contributed by atoms with Crippen LogP contribution in [0.2, 0.25) is 0 Å². The van der Waals surface area contributed by atoms with Crippen LogP contribution in [-0.4, -0.2) is 37.4 Å². The number of hydrogen-bond acceptors (Lipinski definition) is 5. The number of nitrogens with one attached hydrogen (secondary N) is 1. The second-order valence-corrected chi connectivity index (χ2v) is 6.77. The van der Waals surface area contributed by atoms with E-state index < -0.39 is 15.9 Å². The van der Waals surface area contributed by atoms with E-state index in [1.54, 1.807) is 6.07 Å². The molecule has 0 aliphatic heterocycles. The average molecular weight is 272 g/mol. The van der Waals surface area contributed by atoms with Crippen molar-refractivity contribution in [3.05, 3.63) is 18.3 Å². The van der Waals surface area contributed by atoms with Gasteiger partial charge in [-0.2, -0.15) is 0 Å². The first kappa shape index (κ1) is 14.9. The minimum atomic E-state index is -3.31. The molecule has 0 bridgehead atoms. The summed E-state index contributed by atoms with van der Waals surface area (Å²) >= 11 is 0. The average Bonchev–Trinajstić information content (AvgIpc) is 2.24. The summed E-state index contributed by atoms with van der Waals surface area (Å²) in [6.45, 7) is 4.33. The highest BCUT2D eigenvalue weighted by Crippen LogP contribution is 2.17. The third kappa shape index (κ3) is 4.62. The first-order valence-corrected chi connectivity index (χ1v) is 7.77. The summed E-state index contributed by atoms with van der Waals surface area (Å²) in [4.78, 5) is 4.15. The Morgan fingerprint density at radius 2 is 2.11 bits per heavy atom. The van der Waals surface area contributed by atoms with Crippen LogP contribution in [0.1, 0.15) is 20.3 Å². The molecule has 0 radical (unpaired) electrons. The first-order chi connectivity index (χ1) is 8.30. The Hall–Kier alpha value is -1.14. The predicted octanol–water partition coefficient (Wildman–Crippen LogP) is 1.30. The van der Waals surface area contributed by atoms with Crippen molar-refractivity contribution in [2.75, 3.05) is 18.1 Å². The molecule has 1 unspecified atom stereocenters. The highest BCUT2D eigenvalue weighted by molar-refractivity contribution is 7.90. The monoisotopic (exact) mass is 272 g/mol. The van der Waals surface area contributed by atoms with Crippen molar-refractivity contribution in [1.29, 1.82) is 0 Å². The van der Waals surface area contributed by atoms with Crippen LogP contribution in [0.4, 0.5) is 5.82 Å². The quantitative estimate of drug-likeness (QED) is 0.816. The topological polar surface area (TPSA) is 79.3 Å². The number of anilines is 1. The Bertz CT molecular complexity index is 486. The van der Waals surface area contributed by atoms with E-state index in [-0.39, 0.29) is 11.4 Å². The molecule has 0 amide bonds. The van der Waals surface area contributed by atoms with Gasteiger partial charge in [0.15, 0.2) is 9.84 Å². The second kappa shape index (κ2) is 6.15. The lowest BCUT2D eigenvalue weighted by Crippen LogP contribution is -2.22. The minimum Gasteiger partial charge on any atom is -0.391 e. The van der Waals surface area contributed by atoms with E-state index in [9.17, 15) is 13.5 Å². The highest BCUT2D eigenvalue weighted by Gasteiger charge is 2.15. The number of aliphatic hydroxyl groups excluding tert-OH is 1. The number of nitrogens with zero attached hydrogens (tertiary/aromatic N) is 1. The zero-order chi connectivity index (χ0) is 13.8. The molecule has 6 heteroatoms. The molecule has 0 saturated carbocycles. The molecule has 0 saturated heterocycles. The van der Waals surface area contributed by atoms with Gasteiger partial charge < -0.3 is 10.4 Å². The van der Waals surface area contributed by atoms with Gasteiger partial charge in [-0.3, -0.25) is 0 Å². The molecule has 1 heterocycles. The molecule has 18 heavy (non-hydrogen) atoms. The van der Waals surface area contributed by atoms with Gasteiger partial charge in [-0.05, 0) is 24.5 Å². The largest absolute Gasteiger partial charge is 0.391 e. The molecule has 0 fully saturated rings. The Labute approximate surface area is 108 Å². The summed E-state index contributed by atoms with van der Waals surface area (Å²) in [5, 5.41) is 12.6. The number of sulfone groups is 1. The van der Waals surface area contributed by atoms with E-state index in [2.05, 4.69) is 10.3 Å². The molecule has 1 aromatic rings. The smallest absolute Gasteiger partial charge is 0.179 e. The molecule has 1 rings (SSSR count). The van der Waals surface area contributed by atoms with Crippen LogP contribution in [0.15, 0.2) is 23.2 Å². The van der Waals surface area contributed by atoms with Crippen LogP contribution in [0, 0.1) is 5.92 Å². The van der Waals surface area contributed by atoms with Gasteiger partial charge in [-0.15, -0.1) is 0 Å². The third-order valence-corrected chi connectivity index (χ3v) is 3.55. The van der Waals surface area contributed by atoms with E-state index in [1.165, 1.54) is 12.3 Å². The molecule has 0 aliphatic carbocycles. The summed E-state index contributed by atoms with van der Waals surface area (Å²) < 4.78 is 23.1. The van der Waals surface area contributed by atoms with Crippen LogP contribution >= 0.6 is 0 Å². The van der Waals surface area contributed by atoms with Crippen molar-refractivity contribution in [2.24, 2.45) is 5.92 Å². The summed E-state index contributed by atoms with van der Waals surface area (Å²) in [6.07, 6.45) is 2.80. The molecular formula is C12H20N2O3S. The van der Waals surface area contributed by atoms with Crippen LogP contribution in [-0.2, 0) is 9.84 Å². The molecule has 2 N–H and O–H groups in total. The zero-order valence-electron chi connectivity index (χ0n) is 10.9. The third-order valence-electron chi connectivity index (χ3n) is 2.42. The van der Waals surface area contributed by atoms with Crippen molar-refractivity contribution in [1.82, 2.24) is 4.98 Å². The number of rotatable bonds is 6. The number of pyridine rings is 1. The van der Waals surface area contributed by atoms with E-state index in [4.69, 9.17) is 0 Å². The second-order valence-electron chi connectivity index (χ2n) is 4.79. The van der Waals surface area contributed by atoms with Crippen LogP contribution in [0.25, 0.3) is 0 Å². The molecule has 0 spiro atoms. The Morgan fingerprint density at radius 1 is 1.44 bits per heavy atom. The van der Waals surface area contributed by atoms with Crippen LogP contribution < -0.4 is 5.32 Å². The van der Waals surface area contributed by atoms with Crippen molar-refractivity contribution < 1.29 is 13.5 Å². The van der Waals surface area contributed by atoms with Crippen molar-refractivity contribution in [2.45, 2.75) is 31.3 Å². The van der Waals surface area contributed by atoms with Gasteiger partial charge in [0, 0.05) is 19.0 Å². The zero-order valence-corrected chi connectivity index (χ0v) is 11.7. The molecule has 1 aromatic heterocycles. The first-order valence-electron chi connectivity index (χ1n) is 5.87. The molecule has 1 atom stereocenters. The SMILES string of the molecule is CC(C)CC(O)CNc1ncccc1S(C)(=O)=O. The summed E-state index contributed by atoms with van der Waals surface area (Å²) in [6, 6.07) is 3.08. The normalized spacial score (nSPS) is 13.6. The van der Waals surface area contributed by atoms with Gasteiger partial charge in [-0.1, -0.05) is 13.8 Å². The van der Waals surface area contributed by atoms with E-state index in [0.717, 1.165) is 6.26 Å². The fourth-order valence-electron chi connectivity index (χ4n) is 1.66. The van der Waals surface area contributed by atoms with E-state index >= 15 is 0 Å². The summed E-state index contributed by atoms with van der Waals surface area (Å²) in [7, 11) is -3.31. The lowest BCUT2D eigenvalue weighted by Gasteiger charge is -2.15. The Balaban J connectivity index is 2.74. The lowest BCUT2D eigenvalue weighted by atomic mass is 10.1. The van der Waals surface area contributed by atoms with Crippen molar-refractivity contribution in [3.63, 3.8) is 0 Å². The highest BCUT2D eigenvalue weighted by atomic mass is 32.2. The standard InChI is InChI=1S/C12H20N2O3S/c1-9(2)7-10(15)8-14-12-11(18(3,16)17)5-4-6-13-12/h4-6,9-10,15H,7-8H2,1-3H3,(H,13,14). The minimum absolute atomic E-state index is 0.154. The van der Waals surface area contributed by atoms with E-state index in [1.807, 2.05) is 13.8 Å². The Kier molecular flexibility index (Phi) is 5.10. The van der Waals surface area contributed by atoms with Gasteiger partial charge in [-0.25, -0.2) is 13.4 Å². The maximum Gasteiger partial charge on any atom is 0.179 e. The van der Waals surface area contributed by atoms with E-state index in [0.29, 0.717) is 18.2 Å². The fraction of sp³-hybridized carbons (Fsp3) is 0.583. The summed E-state index contributed by atoms with van der Waals surface area (Å²) in [5.74, 6) is 0.683. The van der Waals surface area contributed by atoms with Crippen molar-refractivity contribution >= 4 is 15.7 Å². The maximum absolute atomic E-state index is 11.5. The maximum atomic E-state index is 11.5. The van der Waals surface area contributed by atoms with Crippen LogP contribution in [0.5, 0.6) is 0 Å². The summed E-state index contributed by atoms with van der Waals surface area (Å²) in [5.41, 5.74) is 0. The molecular weight excluding hydrogens is 252 g/mol. The molecule has 5 nitrogen and oxygen atoms in total.